The largest absolute Gasteiger partial charge is 0.494 e. The van der Waals surface area contributed by atoms with Crippen LogP contribution in [0.4, 0.5) is 8.78 Å². The predicted molar refractivity (Wildman–Crippen MR) is 60.6 cm³/mol. The number of hydrogen-bond donors (Lipinski definition) is 0. The summed E-state index contributed by atoms with van der Waals surface area (Å²) in [6.07, 6.45) is 0.908. The van der Waals surface area contributed by atoms with Gasteiger partial charge in [-0.15, -0.1) is 0 Å². The fourth-order valence-electron chi connectivity index (χ4n) is 1.49. The highest BCUT2D eigenvalue weighted by Crippen LogP contribution is 2.21. The molecular weight excluding hydrogens is 240 g/mol. The van der Waals surface area contributed by atoms with E-state index < -0.39 is 17.4 Å². The summed E-state index contributed by atoms with van der Waals surface area (Å²) in [6.45, 7) is 0. The topological polar surface area (TPSA) is 39.2 Å². The molecule has 0 saturated carbocycles. The third-order valence-corrected chi connectivity index (χ3v) is 2.39. The van der Waals surface area contributed by atoms with E-state index in [4.69, 9.17) is 4.74 Å². The Labute approximate surface area is 102 Å². The van der Waals surface area contributed by atoms with Crippen LogP contribution in [0, 0.1) is 11.6 Å². The third-order valence-electron chi connectivity index (χ3n) is 2.39. The van der Waals surface area contributed by atoms with Gasteiger partial charge in [0.25, 0.3) is 0 Å². The second-order valence-electron chi connectivity index (χ2n) is 3.51. The van der Waals surface area contributed by atoms with Crippen molar-refractivity contribution >= 4 is 5.78 Å². The molecule has 1 heterocycles. The Morgan fingerprint density at radius 3 is 2.61 bits per heavy atom. The van der Waals surface area contributed by atoms with Gasteiger partial charge in [0.15, 0.2) is 11.6 Å². The van der Waals surface area contributed by atoms with Gasteiger partial charge < -0.3 is 4.74 Å². The molecule has 0 unspecified atom stereocenters. The van der Waals surface area contributed by atoms with Crippen LogP contribution in [0.25, 0.3) is 0 Å². The van der Waals surface area contributed by atoms with Gasteiger partial charge in [0.2, 0.25) is 5.78 Å². The molecule has 0 spiro atoms. The Morgan fingerprint density at radius 2 is 2.00 bits per heavy atom. The van der Waals surface area contributed by atoms with Crippen molar-refractivity contribution < 1.29 is 18.3 Å². The van der Waals surface area contributed by atoms with E-state index in [9.17, 15) is 13.6 Å². The summed E-state index contributed by atoms with van der Waals surface area (Å²) in [7, 11) is 1.31. The van der Waals surface area contributed by atoms with E-state index in [-0.39, 0.29) is 17.0 Å². The quantitative estimate of drug-likeness (QED) is 0.785. The van der Waals surface area contributed by atoms with Crippen molar-refractivity contribution in [1.29, 1.82) is 0 Å². The van der Waals surface area contributed by atoms with Crippen LogP contribution in [-0.4, -0.2) is 17.9 Å². The minimum Gasteiger partial charge on any atom is -0.494 e. The van der Waals surface area contributed by atoms with Crippen LogP contribution < -0.4 is 4.74 Å². The van der Waals surface area contributed by atoms with E-state index in [2.05, 4.69) is 4.98 Å². The van der Waals surface area contributed by atoms with Gasteiger partial charge >= 0.3 is 0 Å². The van der Waals surface area contributed by atoms with Crippen LogP contribution in [0.3, 0.4) is 0 Å². The molecule has 0 atom stereocenters. The number of ether oxygens (including phenoxy) is 1. The molecule has 5 heteroatoms. The average molecular weight is 249 g/mol. The fraction of sp³-hybridized carbons (Fsp3) is 0.0769. The first kappa shape index (κ1) is 12.2. The zero-order valence-electron chi connectivity index (χ0n) is 9.48. The van der Waals surface area contributed by atoms with E-state index in [0.29, 0.717) is 0 Å². The number of nitrogens with zero attached hydrogens (tertiary/aromatic N) is 1. The molecule has 1 aromatic carbocycles. The van der Waals surface area contributed by atoms with E-state index >= 15 is 0 Å². The molecule has 0 aliphatic heterocycles. The highest BCUT2D eigenvalue weighted by molar-refractivity contribution is 6.08. The van der Waals surface area contributed by atoms with Gasteiger partial charge in [-0.05, 0) is 24.3 Å². The smallest absolute Gasteiger partial charge is 0.214 e. The Balaban J connectivity index is 2.43. The number of methoxy groups -OCH3 is 1. The van der Waals surface area contributed by atoms with Gasteiger partial charge in [-0.2, -0.15) is 0 Å². The van der Waals surface area contributed by atoms with Crippen LogP contribution >= 0.6 is 0 Å². The molecule has 2 rings (SSSR count). The van der Waals surface area contributed by atoms with Crippen molar-refractivity contribution in [3.8, 4) is 5.75 Å². The van der Waals surface area contributed by atoms with Crippen molar-refractivity contribution in [3.63, 3.8) is 0 Å². The molecule has 1 aromatic heterocycles. The number of aromatic nitrogens is 1. The third kappa shape index (κ3) is 2.20. The van der Waals surface area contributed by atoms with Crippen LogP contribution in [0.15, 0.2) is 36.5 Å². The standard InChI is InChI=1S/C13H9F2NO2/c1-18-11-4-2-3-9(12(11)15)13(17)10-6-5-8(14)7-16-10/h2-7H,1H3. The van der Waals surface area contributed by atoms with E-state index in [0.717, 1.165) is 12.3 Å². The number of ketones is 1. The summed E-state index contributed by atoms with van der Waals surface area (Å²) in [5, 5.41) is 0. The lowest BCUT2D eigenvalue weighted by Gasteiger charge is -2.06. The molecule has 3 nitrogen and oxygen atoms in total. The lowest BCUT2D eigenvalue weighted by atomic mass is 10.1. The van der Waals surface area contributed by atoms with Crippen molar-refractivity contribution in [3.05, 3.63) is 59.4 Å². The summed E-state index contributed by atoms with van der Waals surface area (Å²) in [4.78, 5) is 15.6. The highest BCUT2D eigenvalue weighted by Gasteiger charge is 2.18. The summed E-state index contributed by atoms with van der Waals surface area (Å²) in [5.74, 6) is -1.96. The molecule has 0 amide bonds. The first-order valence-electron chi connectivity index (χ1n) is 5.12. The summed E-state index contributed by atoms with van der Waals surface area (Å²) >= 11 is 0. The average Bonchev–Trinajstić information content (AvgIpc) is 2.39. The van der Waals surface area contributed by atoms with E-state index in [1.807, 2.05) is 0 Å². The molecule has 18 heavy (non-hydrogen) atoms. The zero-order valence-corrected chi connectivity index (χ0v) is 9.48. The van der Waals surface area contributed by atoms with Gasteiger partial charge in [-0.1, -0.05) is 6.07 Å². The van der Waals surface area contributed by atoms with Crippen molar-refractivity contribution in [2.45, 2.75) is 0 Å². The maximum Gasteiger partial charge on any atom is 0.214 e. The van der Waals surface area contributed by atoms with Crippen molar-refractivity contribution in [2.24, 2.45) is 0 Å². The number of rotatable bonds is 3. The van der Waals surface area contributed by atoms with Crippen molar-refractivity contribution in [2.75, 3.05) is 7.11 Å². The maximum absolute atomic E-state index is 13.8. The Morgan fingerprint density at radius 1 is 1.22 bits per heavy atom. The first-order chi connectivity index (χ1) is 8.63. The molecule has 0 aliphatic carbocycles. The summed E-state index contributed by atoms with van der Waals surface area (Å²) in [6, 6.07) is 6.53. The highest BCUT2D eigenvalue weighted by atomic mass is 19.1. The lowest BCUT2D eigenvalue weighted by Crippen LogP contribution is -2.07. The van der Waals surface area contributed by atoms with Gasteiger partial charge in [-0.25, -0.2) is 13.8 Å². The summed E-state index contributed by atoms with van der Waals surface area (Å²) < 4.78 is 31.3. The minimum atomic E-state index is -0.754. The monoisotopic (exact) mass is 249 g/mol. The normalized spacial score (nSPS) is 10.2. The molecule has 0 saturated heterocycles. The van der Waals surface area contributed by atoms with Gasteiger partial charge in [0, 0.05) is 0 Å². The van der Waals surface area contributed by atoms with E-state index in [1.54, 1.807) is 0 Å². The van der Waals surface area contributed by atoms with E-state index in [1.165, 1.54) is 31.4 Å². The summed E-state index contributed by atoms with van der Waals surface area (Å²) in [5.41, 5.74) is -0.183. The Hall–Kier alpha value is -2.30. The number of pyridine rings is 1. The van der Waals surface area contributed by atoms with Crippen molar-refractivity contribution in [1.82, 2.24) is 4.98 Å². The maximum atomic E-state index is 13.8. The van der Waals surface area contributed by atoms with Crippen LogP contribution in [0.2, 0.25) is 0 Å². The van der Waals surface area contributed by atoms with Gasteiger partial charge in [0.05, 0.1) is 18.9 Å². The first-order valence-corrected chi connectivity index (χ1v) is 5.12. The molecule has 0 aliphatic rings. The zero-order chi connectivity index (χ0) is 13.1. The second-order valence-corrected chi connectivity index (χ2v) is 3.51. The minimum absolute atomic E-state index is 0.0245. The molecule has 0 radical (unpaired) electrons. The molecule has 2 aromatic rings. The molecule has 0 fully saturated rings. The van der Waals surface area contributed by atoms with Crippen LogP contribution in [-0.2, 0) is 0 Å². The number of hydrogen-bond acceptors (Lipinski definition) is 3. The number of halogens is 2. The number of carbonyl (C=O) groups excluding carboxylic acids is 1. The predicted octanol–water partition coefficient (Wildman–Crippen LogP) is 2.60. The van der Waals surface area contributed by atoms with Crippen LogP contribution in [0.5, 0.6) is 5.75 Å². The number of carbonyl (C=O) groups is 1. The number of benzene rings is 1. The molecule has 0 bridgehead atoms. The Kier molecular flexibility index (Phi) is 3.32. The molecule has 0 N–H and O–H groups in total. The lowest BCUT2D eigenvalue weighted by molar-refractivity contribution is 0.103. The second kappa shape index (κ2) is 4.91. The Bertz CT molecular complexity index is 582. The van der Waals surface area contributed by atoms with Gasteiger partial charge in [0.1, 0.15) is 11.5 Å². The molecule has 92 valence electrons. The fourth-order valence-corrected chi connectivity index (χ4v) is 1.49. The SMILES string of the molecule is COc1cccc(C(=O)c2ccc(F)cn2)c1F. The molecular formula is C13H9F2NO2. The van der Waals surface area contributed by atoms with Gasteiger partial charge in [-0.3, -0.25) is 4.79 Å². The van der Waals surface area contributed by atoms with Crippen LogP contribution in [0.1, 0.15) is 16.1 Å².